The standard InChI is InChI=1S/C26H26BrN3O4/c1-17(2)14-24(31)28-21-11-8-19(9-12-21)26(33)30-29-25(32)16-34-23-13-10-20(15-22(23)27)18-6-4-3-5-7-18/h3-13,15,17H,14,16H2,1-2H3,(H,28,31)(H,29,32)(H,30,33). The van der Waals surface area contributed by atoms with Gasteiger partial charge in [-0.05, 0) is 69.4 Å². The fourth-order valence-corrected chi connectivity index (χ4v) is 3.59. The molecule has 3 aromatic carbocycles. The van der Waals surface area contributed by atoms with E-state index < -0.39 is 11.8 Å². The van der Waals surface area contributed by atoms with Crippen LogP contribution in [0.4, 0.5) is 5.69 Å². The number of amides is 3. The van der Waals surface area contributed by atoms with Gasteiger partial charge in [0.05, 0.1) is 4.47 Å². The van der Waals surface area contributed by atoms with Gasteiger partial charge in [-0.1, -0.05) is 50.2 Å². The Hall–Kier alpha value is -3.65. The molecule has 0 aliphatic heterocycles. The van der Waals surface area contributed by atoms with Crippen LogP contribution < -0.4 is 20.9 Å². The molecule has 0 saturated carbocycles. The number of hydrogen-bond acceptors (Lipinski definition) is 4. The number of anilines is 1. The highest BCUT2D eigenvalue weighted by molar-refractivity contribution is 9.10. The van der Waals surface area contributed by atoms with E-state index in [1.165, 1.54) is 0 Å². The summed E-state index contributed by atoms with van der Waals surface area (Å²) in [5.74, 6) is -0.309. The van der Waals surface area contributed by atoms with Crippen molar-refractivity contribution in [1.29, 1.82) is 0 Å². The molecule has 3 aromatic rings. The van der Waals surface area contributed by atoms with Crippen molar-refractivity contribution in [2.24, 2.45) is 5.92 Å². The molecule has 0 radical (unpaired) electrons. The summed E-state index contributed by atoms with van der Waals surface area (Å²) in [5.41, 5.74) is 7.70. The van der Waals surface area contributed by atoms with Crippen LogP contribution in [-0.4, -0.2) is 24.3 Å². The van der Waals surface area contributed by atoms with E-state index in [2.05, 4.69) is 32.1 Å². The van der Waals surface area contributed by atoms with Crippen LogP contribution in [0, 0.1) is 5.92 Å². The van der Waals surface area contributed by atoms with E-state index >= 15 is 0 Å². The third-order valence-corrected chi connectivity index (χ3v) is 5.36. The van der Waals surface area contributed by atoms with Crippen molar-refractivity contribution in [1.82, 2.24) is 10.9 Å². The zero-order valence-corrected chi connectivity index (χ0v) is 20.5. The minimum absolute atomic E-state index is 0.0826. The van der Waals surface area contributed by atoms with Crippen molar-refractivity contribution in [2.45, 2.75) is 20.3 Å². The second-order valence-corrected chi connectivity index (χ2v) is 8.88. The maximum absolute atomic E-state index is 12.3. The summed E-state index contributed by atoms with van der Waals surface area (Å²) in [4.78, 5) is 36.2. The third-order valence-electron chi connectivity index (χ3n) is 4.74. The van der Waals surface area contributed by atoms with Gasteiger partial charge in [0.25, 0.3) is 11.8 Å². The fraction of sp³-hybridized carbons (Fsp3) is 0.192. The van der Waals surface area contributed by atoms with E-state index in [1.807, 2.05) is 56.3 Å². The molecule has 3 rings (SSSR count). The number of halogens is 1. The molecule has 0 bridgehead atoms. The molecule has 7 nitrogen and oxygen atoms in total. The van der Waals surface area contributed by atoms with Gasteiger partial charge in [0, 0.05) is 17.7 Å². The lowest BCUT2D eigenvalue weighted by atomic mass is 10.1. The van der Waals surface area contributed by atoms with E-state index in [0.29, 0.717) is 27.9 Å². The molecule has 0 aliphatic carbocycles. The number of ether oxygens (including phenoxy) is 1. The highest BCUT2D eigenvalue weighted by Gasteiger charge is 2.11. The average molecular weight is 524 g/mol. The first-order valence-corrected chi connectivity index (χ1v) is 11.6. The summed E-state index contributed by atoms with van der Waals surface area (Å²) in [7, 11) is 0. The Kier molecular flexibility index (Phi) is 8.81. The SMILES string of the molecule is CC(C)CC(=O)Nc1ccc(C(=O)NNC(=O)COc2ccc(-c3ccccc3)cc2Br)cc1. The van der Waals surface area contributed by atoms with Crippen molar-refractivity contribution in [2.75, 3.05) is 11.9 Å². The van der Waals surface area contributed by atoms with E-state index in [0.717, 1.165) is 11.1 Å². The predicted octanol–water partition coefficient (Wildman–Crippen LogP) is 4.94. The monoisotopic (exact) mass is 523 g/mol. The van der Waals surface area contributed by atoms with Gasteiger partial charge in [0.15, 0.2) is 6.61 Å². The first kappa shape index (κ1) is 25.0. The van der Waals surface area contributed by atoms with E-state index in [9.17, 15) is 14.4 Å². The number of carbonyl (C=O) groups excluding carboxylic acids is 3. The lowest BCUT2D eigenvalue weighted by Gasteiger charge is -2.11. The van der Waals surface area contributed by atoms with E-state index in [4.69, 9.17) is 4.74 Å². The van der Waals surface area contributed by atoms with Crippen molar-refractivity contribution < 1.29 is 19.1 Å². The molecule has 3 amide bonds. The number of hydrazine groups is 1. The maximum Gasteiger partial charge on any atom is 0.276 e. The van der Waals surface area contributed by atoms with Crippen molar-refractivity contribution in [3.63, 3.8) is 0 Å². The second-order valence-electron chi connectivity index (χ2n) is 8.03. The van der Waals surface area contributed by atoms with Crippen LogP contribution >= 0.6 is 15.9 Å². The zero-order chi connectivity index (χ0) is 24.5. The van der Waals surface area contributed by atoms with Gasteiger partial charge in [0.2, 0.25) is 5.91 Å². The molecule has 0 unspecified atom stereocenters. The molecule has 0 aliphatic rings. The molecule has 3 N–H and O–H groups in total. The van der Waals surface area contributed by atoms with Crippen LogP contribution in [0.1, 0.15) is 30.6 Å². The van der Waals surface area contributed by atoms with Crippen LogP contribution in [0.25, 0.3) is 11.1 Å². The van der Waals surface area contributed by atoms with Gasteiger partial charge < -0.3 is 10.1 Å². The summed E-state index contributed by atoms with van der Waals surface area (Å²) in [5, 5.41) is 2.78. The number of benzene rings is 3. The summed E-state index contributed by atoms with van der Waals surface area (Å²) >= 11 is 3.47. The van der Waals surface area contributed by atoms with Gasteiger partial charge >= 0.3 is 0 Å². The Balaban J connectivity index is 1.46. The van der Waals surface area contributed by atoms with Crippen LogP contribution in [-0.2, 0) is 9.59 Å². The van der Waals surface area contributed by atoms with E-state index in [1.54, 1.807) is 30.3 Å². The lowest BCUT2D eigenvalue weighted by Crippen LogP contribution is -2.43. The van der Waals surface area contributed by atoms with Crippen molar-refractivity contribution in [3.8, 4) is 16.9 Å². The highest BCUT2D eigenvalue weighted by atomic mass is 79.9. The summed E-state index contributed by atoms with van der Waals surface area (Å²) < 4.78 is 6.27. The molecule has 176 valence electrons. The Labute approximate surface area is 207 Å². The highest BCUT2D eigenvalue weighted by Crippen LogP contribution is 2.30. The predicted molar refractivity (Wildman–Crippen MR) is 135 cm³/mol. The molecule has 0 aromatic heterocycles. The van der Waals surface area contributed by atoms with Gasteiger partial charge in [-0.2, -0.15) is 0 Å². The molecular formula is C26H26BrN3O4. The topological polar surface area (TPSA) is 96.5 Å². The minimum Gasteiger partial charge on any atom is -0.483 e. The molecule has 0 heterocycles. The molecular weight excluding hydrogens is 498 g/mol. The van der Waals surface area contributed by atoms with Gasteiger partial charge in [-0.3, -0.25) is 25.2 Å². The first-order chi connectivity index (χ1) is 16.3. The quantitative estimate of drug-likeness (QED) is 0.364. The molecule has 0 fully saturated rings. The summed E-state index contributed by atoms with van der Waals surface area (Å²) in [6.07, 6.45) is 0.421. The normalized spacial score (nSPS) is 10.5. The second kappa shape index (κ2) is 12.0. The number of hydrogen-bond donors (Lipinski definition) is 3. The maximum atomic E-state index is 12.3. The Bertz CT molecular complexity index is 1150. The van der Waals surface area contributed by atoms with Crippen molar-refractivity contribution in [3.05, 3.63) is 82.8 Å². The first-order valence-electron chi connectivity index (χ1n) is 10.8. The van der Waals surface area contributed by atoms with Crippen molar-refractivity contribution >= 4 is 39.3 Å². The Morgan fingerprint density at radius 3 is 2.21 bits per heavy atom. The molecule has 0 spiro atoms. The lowest BCUT2D eigenvalue weighted by molar-refractivity contribution is -0.123. The average Bonchev–Trinajstić information content (AvgIpc) is 2.82. The van der Waals surface area contributed by atoms with Crippen LogP contribution in [0.5, 0.6) is 5.75 Å². The third kappa shape index (κ3) is 7.45. The number of rotatable bonds is 8. The van der Waals surface area contributed by atoms with E-state index in [-0.39, 0.29) is 18.4 Å². The molecule has 0 atom stereocenters. The van der Waals surface area contributed by atoms with Crippen LogP contribution in [0.2, 0.25) is 0 Å². The minimum atomic E-state index is -0.509. The molecule has 0 saturated heterocycles. The number of carbonyl (C=O) groups is 3. The number of nitrogens with one attached hydrogen (secondary N) is 3. The largest absolute Gasteiger partial charge is 0.483 e. The van der Waals surface area contributed by atoms with Crippen LogP contribution in [0.15, 0.2) is 77.3 Å². The fourth-order valence-electron chi connectivity index (χ4n) is 3.09. The van der Waals surface area contributed by atoms with Gasteiger partial charge in [-0.25, -0.2) is 0 Å². The molecule has 8 heteroatoms. The zero-order valence-electron chi connectivity index (χ0n) is 18.9. The summed E-state index contributed by atoms with van der Waals surface area (Å²) in [6.45, 7) is 3.66. The van der Waals surface area contributed by atoms with Gasteiger partial charge in [0.1, 0.15) is 5.75 Å². The summed E-state index contributed by atoms with van der Waals surface area (Å²) in [6, 6.07) is 21.9. The van der Waals surface area contributed by atoms with Gasteiger partial charge in [-0.15, -0.1) is 0 Å². The Morgan fingerprint density at radius 1 is 0.853 bits per heavy atom. The smallest absolute Gasteiger partial charge is 0.276 e. The molecule has 34 heavy (non-hydrogen) atoms. The Morgan fingerprint density at radius 2 is 1.56 bits per heavy atom. The van der Waals surface area contributed by atoms with Crippen LogP contribution in [0.3, 0.4) is 0 Å².